The van der Waals surface area contributed by atoms with E-state index in [-0.39, 0.29) is 5.69 Å². The first-order valence-corrected chi connectivity index (χ1v) is 6.91. The molecule has 1 aliphatic rings. The van der Waals surface area contributed by atoms with Crippen molar-refractivity contribution in [1.82, 2.24) is 15.2 Å². The van der Waals surface area contributed by atoms with Crippen molar-refractivity contribution >= 4 is 23.1 Å². The van der Waals surface area contributed by atoms with Crippen LogP contribution in [-0.2, 0) is 4.74 Å². The molecular formula is C14H16N6O2. The molecule has 3 N–H and O–H groups in total. The lowest BCUT2D eigenvalue weighted by atomic mass is 10.3. The van der Waals surface area contributed by atoms with E-state index in [1.807, 2.05) is 12.1 Å². The van der Waals surface area contributed by atoms with Gasteiger partial charge in [0.1, 0.15) is 5.82 Å². The molecule has 0 bridgehead atoms. The van der Waals surface area contributed by atoms with Gasteiger partial charge >= 0.3 is 0 Å². The zero-order valence-electron chi connectivity index (χ0n) is 11.9. The van der Waals surface area contributed by atoms with Gasteiger partial charge in [0.2, 0.25) is 0 Å². The molecule has 1 aliphatic heterocycles. The summed E-state index contributed by atoms with van der Waals surface area (Å²) in [6.07, 6.45) is 3.27. The number of hydrogen-bond donors (Lipinski definition) is 2. The zero-order chi connectivity index (χ0) is 15.4. The van der Waals surface area contributed by atoms with Gasteiger partial charge in [-0.15, -0.1) is 5.10 Å². The highest BCUT2D eigenvalue weighted by atomic mass is 16.5. The molecule has 1 saturated heterocycles. The molecule has 8 heteroatoms. The molecule has 22 heavy (non-hydrogen) atoms. The van der Waals surface area contributed by atoms with Gasteiger partial charge in [-0.2, -0.15) is 5.10 Å². The molecule has 0 aromatic carbocycles. The summed E-state index contributed by atoms with van der Waals surface area (Å²) < 4.78 is 5.33. The van der Waals surface area contributed by atoms with E-state index in [0.29, 0.717) is 11.5 Å². The van der Waals surface area contributed by atoms with Crippen LogP contribution in [0.1, 0.15) is 10.5 Å². The molecule has 0 spiro atoms. The molecule has 0 radical (unpaired) electrons. The van der Waals surface area contributed by atoms with Crippen molar-refractivity contribution in [1.29, 1.82) is 0 Å². The summed E-state index contributed by atoms with van der Waals surface area (Å²) in [4.78, 5) is 17.9. The highest BCUT2D eigenvalue weighted by Gasteiger charge is 2.13. The Morgan fingerprint density at radius 1 is 1.27 bits per heavy atom. The van der Waals surface area contributed by atoms with E-state index in [2.05, 4.69) is 25.4 Å². The van der Waals surface area contributed by atoms with Crippen molar-refractivity contribution < 1.29 is 9.53 Å². The maximum Gasteiger partial charge on any atom is 0.271 e. The third-order valence-electron chi connectivity index (χ3n) is 3.34. The second kappa shape index (κ2) is 6.35. The first-order valence-electron chi connectivity index (χ1n) is 6.91. The highest BCUT2D eigenvalue weighted by molar-refractivity contribution is 5.96. The van der Waals surface area contributed by atoms with Gasteiger partial charge in [0.15, 0.2) is 5.69 Å². The second-order valence-electron chi connectivity index (χ2n) is 4.78. The number of nitrogens with two attached hydrogens (primary N) is 1. The molecule has 1 fully saturated rings. The van der Waals surface area contributed by atoms with Crippen LogP contribution in [-0.4, -0.2) is 47.4 Å². The van der Waals surface area contributed by atoms with Crippen LogP contribution in [0.2, 0.25) is 0 Å². The van der Waals surface area contributed by atoms with Gasteiger partial charge in [0.05, 0.1) is 37.0 Å². The maximum atomic E-state index is 11.3. The summed E-state index contributed by atoms with van der Waals surface area (Å²) in [5, 5.41) is 10.4. The van der Waals surface area contributed by atoms with Crippen LogP contribution in [0, 0.1) is 0 Å². The number of nitrogens with zero attached hydrogens (tertiary/aromatic N) is 4. The average Bonchev–Trinajstić information content (AvgIpc) is 2.57. The Kier molecular flexibility index (Phi) is 4.10. The van der Waals surface area contributed by atoms with Crippen LogP contribution in [0.25, 0.3) is 0 Å². The topological polar surface area (TPSA) is 106 Å². The number of rotatable bonds is 4. The van der Waals surface area contributed by atoms with Crippen LogP contribution < -0.4 is 16.0 Å². The molecule has 3 rings (SSSR count). The molecule has 8 nitrogen and oxygen atoms in total. The normalized spacial score (nSPS) is 14.6. The number of hydrogen-bond acceptors (Lipinski definition) is 7. The summed E-state index contributed by atoms with van der Waals surface area (Å²) in [6.45, 7) is 3.17. The van der Waals surface area contributed by atoms with Crippen LogP contribution in [0.15, 0.2) is 30.6 Å². The molecule has 2 aromatic heterocycles. The quantitative estimate of drug-likeness (QED) is 0.849. The van der Waals surface area contributed by atoms with Crippen molar-refractivity contribution in [2.24, 2.45) is 5.73 Å². The lowest BCUT2D eigenvalue weighted by Crippen LogP contribution is -2.36. The summed E-state index contributed by atoms with van der Waals surface area (Å²) in [7, 11) is 0. The van der Waals surface area contributed by atoms with Gasteiger partial charge in [-0.05, 0) is 18.2 Å². The van der Waals surface area contributed by atoms with Gasteiger partial charge in [-0.25, -0.2) is 4.98 Å². The average molecular weight is 300 g/mol. The second-order valence-corrected chi connectivity index (χ2v) is 4.78. The van der Waals surface area contributed by atoms with E-state index < -0.39 is 5.91 Å². The zero-order valence-corrected chi connectivity index (χ0v) is 11.9. The number of ether oxygens (including phenoxy) is 1. The number of nitrogens with one attached hydrogen (secondary N) is 1. The first kappa shape index (κ1) is 14.2. The number of anilines is 3. The minimum absolute atomic E-state index is 0.0848. The standard InChI is InChI=1S/C14H16N6O2/c15-14(21)13-11(3-4-17-19-13)18-12-2-1-10(9-16-12)20-5-7-22-8-6-20/h1-4,9H,5-8H2,(H2,15,21)(H,16,17,18). The summed E-state index contributed by atoms with van der Waals surface area (Å²) >= 11 is 0. The molecular weight excluding hydrogens is 284 g/mol. The van der Waals surface area contributed by atoms with Crippen LogP contribution >= 0.6 is 0 Å². The van der Waals surface area contributed by atoms with Crippen molar-refractivity contribution in [2.45, 2.75) is 0 Å². The van der Waals surface area contributed by atoms with Gasteiger partial charge in [-0.3, -0.25) is 4.79 Å². The van der Waals surface area contributed by atoms with Crippen LogP contribution in [0.4, 0.5) is 17.2 Å². The predicted molar refractivity (Wildman–Crippen MR) is 81.1 cm³/mol. The summed E-state index contributed by atoms with van der Waals surface area (Å²) in [5.41, 5.74) is 6.87. The van der Waals surface area contributed by atoms with Crippen LogP contribution in [0.5, 0.6) is 0 Å². The lowest BCUT2D eigenvalue weighted by molar-refractivity contribution is 0.0995. The van der Waals surface area contributed by atoms with E-state index in [1.54, 1.807) is 12.3 Å². The molecule has 114 valence electrons. The van der Waals surface area contributed by atoms with Crippen molar-refractivity contribution in [2.75, 3.05) is 36.5 Å². The fraction of sp³-hybridized carbons (Fsp3) is 0.286. The third kappa shape index (κ3) is 3.12. The predicted octanol–water partition coefficient (Wildman–Crippen LogP) is 0.551. The smallest absolute Gasteiger partial charge is 0.271 e. The summed E-state index contributed by atoms with van der Waals surface area (Å²) in [5.74, 6) is -0.0342. The maximum absolute atomic E-state index is 11.3. The fourth-order valence-electron chi connectivity index (χ4n) is 2.22. The minimum atomic E-state index is -0.638. The van der Waals surface area contributed by atoms with E-state index in [9.17, 15) is 4.79 Å². The Labute approximate surface area is 127 Å². The first-order chi connectivity index (χ1) is 10.7. The number of primary amides is 1. The minimum Gasteiger partial charge on any atom is -0.378 e. The van der Waals surface area contributed by atoms with E-state index in [4.69, 9.17) is 10.5 Å². The monoisotopic (exact) mass is 300 g/mol. The van der Waals surface area contributed by atoms with E-state index in [0.717, 1.165) is 32.0 Å². The van der Waals surface area contributed by atoms with E-state index in [1.165, 1.54) is 6.20 Å². The Balaban J connectivity index is 1.75. The van der Waals surface area contributed by atoms with Gasteiger partial charge in [0, 0.05) is 13.1 Å². The molecule has 0 atom stereocenters. The molecule has 0 unspecified atom stereocenters. The molecule has 1 amide bonds. The summed E-state index contributed by atoms with van der Waals surface area (Å²) in [6, 6.07) is 5.44. The van der Waals surface area contributed by atoms with E-state index >= 15 is 0 Å². The number of carbonyl (C=O) groups excluding carboxylic acids is 1. The number of aromatic nitrogens is 3. The van der Waals surface area contributed by atoms with Crippen molar-refractivity contribution in [3.8, 4) is 0 Å². The molecule has 0 aliphatic carbocycles. The lowest BCUT2D eigenvalue weighted by Gasteiger charge is -2.28. The molecule has 0 saturated carbocycles. The van der Waals surface area contributed by atoms with Gasteiger partial charge < -0.3 is 20.7 Å². The SMILES string of the molecule is NC(=O)c1nnccc1Nc1ccc(N2CCOCC2)cn1. The largest absolute Gasteiger partial charge is 0.378 e. The molecule has 2 aromatic rings. The fourth-order valence-corrected chi connectivity index (χ4v) is 2.22. The number of pyridine rings is 1. The van der Waals surface area contributed by atoms with Crippen molar-refractivity contribution in [3.05, 3.63) is 36.3 Å². The van der Waals surface area contributed by atoms with Crippen molar-refractivity contribution in [3.63, 3.8) is 0 Å². The van der Waals surface area contributed by atoms with Crippen LogP contribution in [0.3, 0.4) is 0 Å². The number of amides is 1. The van der Waals surface area contributed by atoms with Gasteiger partial charge in [-0.1, -0.05) is 0 Å². The Hall–Kier alpha value is -2.74. The number of carbonyl (C=O) groups is 1. The third-order valence-corrected chi connectivity index (χ3v) is 3.34. The highest BCUT2D eigenvalue weighted by Crippen LogP contribution is 2.20. The Bertz CT molecular complexity index is 655. The van der Waals surface area contributed by atoms with Gasteiger partial charge in [0.25, 0.3) is 5.91 Å². The molecule has 3 heterocycles. The Morgan fingerprint density at radius 2 is 2.09 bits per heavy atom. The number of morpholine rings is 1. The Morgan fingerprint density at radius 3 is 2.77 bits per heavy atom.